The van der Waals surface area contributed by atoms with E-state index in [9.17, 15) is 9.59 Å². The molecule has 1 aliphatic carbocycles. The van der Waals surface area contributed by atoms with Crippen molar-refractivity contribution < 1.29 is 19.1 Å². The summed E-state index contributed by atoms with van der Waals surface area (Å²) in [5, 5.41) is 0. The number of benzene rings is 1. The molecule has 4 nitrogen and oxygen atoms in total. The van der Waals surface area contributed by atoms with E-state index >= 15 is 0 Å². The normalized spacial score (nSPS) is 20.0. The summed E-state index contributed by atoms with van der Waals surface area (Å²) in [5.41, 5.74) is -0.118. The lowest BCUT2D eigenvalue weighted by Gasteiger charge is -2.10. The number of hydrogen-bond donors (Lipinski definition) is 0. The molecule has 1 aliphatic rings. The van der Waals surface area contributed by atoms with Crippen LogP contribution in [0, 0.1) is 11.3 Å². The minimum Gasteiger partial charge on any atom is -0.468 e. The standard InChI is InChI=1S/C15H16O4/c1-18-13(16)15(14(17)19-2)10-12(15)9-8-11-6-4-3-5-7-11/h3-9,12H,10H2,1-2H3. The maximum absolute atomic E-state index is 11.8. The number of carbonyl (C=O) groups excluding carboxylic acids is 2. The highest BCUT2D eigenvalue weighted by Gasteiger charge is 2.66. The van der Waals surface area contributed by atoms with Gasteiger partial charge in [-0.1, -0.05) is 42.5 Å². The van der Waals surface area contributed by atoms with E-state index in [0.717, 1.165) is 5.56 Å². The van der Waals surface area contributed by atoms with Crippen LogP contribution in [-0.4, -0.2) is 26.2 Å². The maximum atomic E-state index is 11.8. The van der Waals surface area contributed by atoms with E-state index in [4.69, 9.17) is 9.47 Å². The second-order valence-electron chi connectivity index (χ2n) is 4.53. The van der Waals surface area contributed by atoms with Crippen LogP contribution in [0.4, 0.5) is 0 Å². The smallest absolute Gasteiger partial charge is 0.323 e. The summed E-state index contributed by atoms with van der Waals surface area (Å²) >= 11 is 0. The third-order valence-electron chi connectivity index (χ3n) is 3.43. The van der Waals surface area contributed by atoms with Crippen LogP contribution in [0.3, 0.4) is 0 Å². The van der Waals surface area contributed by atoms with Gasteiger partial charge in [0.2, 0.25) is 0 Å². The maximum Gasteiger partial charge on any atom is 0.323 e. The van der Waals surface area contributed by atoms with E-state index in [0.29, 0.717) is 6.42 Å². The van der Waals surface area contributed by atoms with Gasteiger partial charge in [-0.25, -0.2) is 0 Å². The Balaban J connectivity index is 2.13. The van der Waals surface area contributed by atoms with E-state index in [1.807, 2.05) is 42.5 Å². The Morgan fingerprint density at radius 2 is 1.74 bits per heavy atom. The quantitative estimate of drug-likeness (QED) is 0.614. The van der Waals surface area contributed by atoms with Crippen LogP contribution in [0.5, 0.6) is 0 Å². The molecule has 0 aliphatic heterocycles. The van der Waals surface area contributed by atoms with Crippen LogP contribution in [0.15, 0.2) is 36.4 Å². The van der Waals surface area contributed by atoms with Crippen molar-refractivity contribution in [2.45, 2.75) is 6.42 Å². The number of allylic oxidation sites excluding steroid dienone is 1. The van der Waals surface area contributed by atoms with Gasteiger partial charge in [0.1, 0.15) is 0 Å². The zero-order chi connectivity index (χ0) is 13.9. The Labute approximate surface area is 112 Å². The fourth-order valence-corrected chi connectivity index (χ4v) is 2.23. The molecule has 0 aromatic heterocycles. The topological polar surface area (TPSA) is 52.6 Å². The van der Waals surface area contributed by atoms with Gasteiger partial charge in [-0.15, -0.1) is 0 Å². The Morgan fingerprint density at radius 3 is 2.26 bits per heavy atom. The second kappa shape index (κ2) is 5.26. The monoisotopic (exact) mass is 260 g/mol. The van der Waals surface area contributed by atoms with Crippen molar-refractivity contribution >= 4 is 18.0 Å². The van der Waals surface area contributed by atoms with Gasteiger partial charge in [0.15, 0.2) is 5.41 Å². The summed E-state index contributed by atoms with van der Waals surface area (Å²) in [7, 11) is 2.56. The molecule has 0 radical (unpaired) electrons. The fourth-order valence-electron chi connectivity index (χ4n) is 2.23. The molecular formula is C15H16O4. The second-order valence-corrected chi connectivity index (χ2v) is 4.53. The Morgan fingerprint density at radius 1 is 1.16 bits per heavy atom. The van der Waals surface area contributed by atoms with Crippen molar-refractivity contribution in [3.63, 3.8) is 0 Å². The number of carbonyl (C=O) groups is 2. The third-order valence-corrected chi connectivity index (χ3v) is 3.43. The van der Waals surface area contributed by atoms with Crippen LogP contribution in [0.25, 0.3) is 6.08 Å². The molecular weight excluding hydrogens is 244 g/mol. The lowest BCUT2D eigenvalue weighted by molar-refractivity contribution is -0.161. The number of methoxy groups -OCH3 is 2. The number of ether oxygens (including phenoxy) is 2. The van der Waals surface area contributed by atoms with Crippen LogP contribution in [-0.2, 0) is 19.1 Å². The molecule has 100 valence electrons. The zero-order valence-electron chi connectivity index (χ0n) is 11.0. The van der Waals surface area contributed by atoms with Gasteiger partial charge in [-0.2, -0.15) is 0 Å². The molecule has 0 spiro atoms. The van der Waals surface area contributed by atoms with Crippen LogP contribution in [0.2, 0.25) is 0 Å². The van der Waals surface area contributed by atoms with Crippen molar-refractivity contribution in [2.24, 2.45) is 11.3 Å². The number of hydrogen-bond acceptors (Lipinski definition) is 4. The van der Waals surface area contributed by atoms with Gasteiger partial charge in [0.05, 0.1) is 14.2 Å². The highest BCUT2D eigenvalue weighted by molar-refractivity contribution is 6.04. The first-order valence-electron chi connectivity index (χ1n) is 6.05. The molecule has 1 saturated carbocycles. The summed E-state index contributed by atoms with van der Waals surface area (Å²) in [4.78, 5) is 23.5. The molecule has 4 heteroatoms. The average Bonchev–Trinajstić information content (AvgIpc) is 3.20. The minimum atomic E-state index is -1.14. The van der Waals surface area contributed by atoms with E-state index in [1.165, 1.54) is 14.2 Å². The first-order chi connectivity index (χ1) is 9.15. The lowest BCUT2D eigenvalue weighted by atomic mass is 10.0. The minimum absolute atomic E-state index is 0.160. The van der Waals surface area contributed by atoms with E-state index in [1.54, 1.807) is 0 Å². The van der Waals surface area contributed by atoms with E-state index in [2.05, 4.69) is 0 Å². The molecule has 1 unspecified atom stereocenters. The summed E-state index contributed by atoms with van der Waals surface area (Å²) in [6.07, 6.45) is 4.21. The molecule has 1 fully saturated rings. The van der Waals surface area contributed by atoms with Gasteiger partial charge in [-0.3, -0.25) is 9.59 Å². The third kappa shape index (κ3) is 2.38. The van der Waals surface area contributed by atoms with Crippen molar-refractivity contribution in [1.82, 2.24) is 0 Å². The SMILES string of the molecule is COC(=O)C1(C(=O)OC)CC1C=Cc1ccccc1. The predicted molar refractivity (Wildman–Crippen MR) is 70.0 cm³/mol. The van der Waals surface area contributed by atoms with Gasteiger partial charge in [0.25, 0.3) is 0 Å². The first kappa shape index (κ1) is 13.3. The Bertz CT molecular complexity index is 488. The van der Waals surface area contributed by atoms with Crippen molar-refractivity contribution in [3.05, 3.63) is 42.0 Å². The van der Waals surface area contributed by atoms with Crippen LogP contribution in [0.1, 0.15) is 12.0 Å². The largest absolute Gasteiger partial charge is 0.468 e. The number of rotatable bonds is 4. The molecule has 19 heavy (non-hydrogen) atoms. The van der Waals surface area contributed by atoms with Gasteiger partial charge < -0.3 is 9.47 Å². The Hall–Kier alpha value is -2.10. The van der Waals surface area contributed by atoms with Crippen molar-refractivity contribution in [3.8, 4) is 0 Å². The highest BCUT2D eigenvalue weighted by Crippen LogP contribution is 2.55. The highest BCUT2D eigenvalue weighted by atomic mass is 16.5. The average molecular weight is 260 g/mol. The van der Waals surface area contributed by atoms with E-state index in [-0.39, 0.29) is 5.92 Å². The molecule has 0 amide bonds. The fraction of sp³-hybridized carbons (Fsp3) is 0.333. The van der Waals surface area contributed by atoms with Crippen molar-refractivity contribution in [2.75, 3.05) is 14.2 Å². The molecule has 0 heterocycles. The lowest BCUT2D eigenvalue weighted by Crippen LogP contribution is -2.30. The van der Waals surface area contributed by atoms with Crippen molar-refractivity contribution in [1.29, 1.82) is 0 Å². The van der Waals surface area contributed by atoms with Crippen LogP contribution < -0.4 is 0 Å². The van der Waals surface area contributed by atoms with Crippen LogP contribution >= 0.6 is 0 Å². The molecule has 1 aromatic carbocycles. The molecule has 0 N–H and O–H groups in total. The Kier molecular flexibility index (Phi) is 3.69. The van der Waals surface area contributed by atoms with Gasteiger partial charge in [-0.05, 0) is 12.0 Å². The molecule has 0 bridgehead atoms. The van der Waals surface area contributed by atoms with Gasteiger partial charge in [0, 0.05) is 5.92 Å². The summed E-state index contributed by atoms with van der Waals surface area (Å²) in [6, 6.07) is 9.70. The summed E-state index contributed by atoms with van der Waals surface area (Å²) in [6.45, 7) is 0. The first-order valence-corrected chi connectivity index (χ1v) is 6.05. The summed E-state index contributed by atoms with van der Waals surface area (Å²) in [5.74, 6) is -1.21. The molecule has 0 saturated heterocycles. The molecule has 1 atom stereocenters. The zero-order valence-corrected chi connectivity index (χ0v) is 11.0. The summed E-state index contributed by atoms with van der Waals surface area (Å²) < 4.78 is 9.42. The van der Waals surface area contributed by atoms with E-state index < -0.39 is 17.4 Å². The predicted octanol–water partition coefficient (Wildman–Crippen LogP) is 2.05. The number of esters is 2. The van der Waals surface area contributed by atoms with Gasteiger partial charge >= 0.3 is 11.9 Å². The molecule has 1 aromatic rings. The molecule has 2 rings (SSSR count).